The van der Waals surface area contributed by atoms with Crippen LogP contribution in [0.15, 0.2) is 47.6 Å². The van der Waals surface area contributed by atoms with Crippen molar-refractivity contribution in [3.63, 3.8) is 0 Å². The predicted octanol–water partition coefficient (Wildman–Crippen LogP) is 2.08. The number of allylic oxidation sites excluding steroid dienone is 1. The molecular formula is C19H18N4O2. The number of Topliss-reactive ketones (excluding diaryl/α,β-unsaturated/α-hetero) is 1. The highest BCUT2D eigenvalue weighted by Gasteiger charge is 2.29. The maximum absolute atomic E-state index is 12.7. The largest absolute Gasteiger partial charge is 0.330 e. The molecule has 25 heavy (non-hydrogen) atoms. The summed E-state index contributed by atoms with van der Waals surface area (Å²) in [6.45, 7) is 1.39. The van der Waals surface area contributed by atoms with Gasteiger partial charge in [0, 0.05) is 37.5 Å². The molecule has 4 rings (SSSR count). The van der Waals surface area contributed by atoms with Crippen LogP contribution in [0.1, 0.15) is 32.8 Å². The smallest absolute Gasteiger partial charge is 0.257 e. The summed E-state index contributed by atoms with van der Waals surface area (Å²) in [4.78, 5) is 31.0. The number of rotatable bonds is 4. The van der Waals surface area contributed by atoms with Gasteiger partial charge in [-0.2, -0.15) is 5.10 Å². The molecule has 6 nitrogen and oxygen atoms in total. The normalized spacial score (nSPS) is 16.6. The summed E-state index contributed by atoms with van der Waals surface area (Å²) < 4.78 is 1.72. The summed E-state index contributed by atoms with van der Waals surface area (Å²) in [5, 5.41) is 4.52. The molecule has 0 bridgehead atoms. The van der Waals surface area contributed by atoms with Crippen LogP contribution in [0.5, 0.6) is 0 Å². The maximum atomic E-state index is 12.7. The molecule has 0 atom stereocenters. The Labute approximate surface area is 145 Å². The van der Waals surface area contributed by atoms with E-state index in [0.717, 1.165) is 24.4 Å². The average Bonchev–Trinajstić information content (AvgIpc) is 3.11. The fourth-order valence-electron chi connectivity index (χ4n) is 3.11. The molecule has 2 aliphatic heterocycles. The monoisotopic (exact) mass is 334 g/mol. The number of carbonyl (C=O) groups is 2. The number of carbonyl (C=O) groups excluding carboxylic acids is 2. The number of amides is 1. The lowest BCUT2D eigenvalue weighted by atomic mass is 10.1. The zero-order valence-corrected chi connectivity index (χ0v) is 13.8. The van der Waals surface area contributed by atoms with E-state index in [1.807, 2.05) is 18.2 Å². The highest BCUT2D eigenvalue weighted by molar-refractivity contribution is 6.05. The molecule has 1 amide bonds. The Morgan fingerprint density at radius 2 is 2.04 bits per heavy atom. The molecule has 0 saturated heterocycles. The fraction of sp³-hybridized carbons (Fsp3) is 0.263. The lowest BCUT2D eigenvalue weighted by Gasteiger charge is -2.25. The molecule has 3 heterocycles. The van der Waals surface area contributed by atoms with Crippen LogP contribution in [0, 0.1) is 0 Å². The Morgan fingerprint density at radius 1 is 1.20 bits per heavy atom. The predicted molar refractivity (Wildman–Crippen MR) is 94.9 cm³/mol. The molecule has 2 aromatic rings. The van der Waals surface area contributed by atoms with Crippen molar-refractivity contribution < 1.29 is 9.59 Å². The minimum absolute atomic E-state index is 0.0492. The van der Waals surface area contributed by atoms with Crippen LogP contribution < -0.4 is 0 Å². The van der Waals surface area contributed by atoms with Gasteiger partial charge in [-0.3, -0.25) is 14.6 Å². The van der Waals surface area contributed by atoms with Gasteiger partial charge in [-0.15, -0.1) is 0 Å². The molecule has 0 aliphatic carbocycles. The topological polar surface area (TPSA) is 67.6 Å². The third-order valence-corrected chi connectivity index (χ3v) is 4.46. The number of nitrogens with zero attached hydrogens (tertiary/aromatic N) is 4. The molecular weight excluding hydrogens is 316 g/mol. The van der Waals surface area contributed by atoms with Gasteiger partial charge < -0.3 is 4.90 Å². The summed E-state index contributed by atoms with van der Waals surface area (Å²) in [7, 11) is 0. The second-order valence-electron chi connectivity index (χ2n) is 6.15. The number of dihydropyridines is 1. The Kier molecular flexibility index (Phi) is 4.01. The van der Waals surface area contributed by atoms with E-state index in [1.165, 1.54) is 0 Å². The number of aromatic nitrogens is 2. The van der Waals surface area contributed by atoms with E-state index >= 15 is 0 Å². The van der Waals surface area contributed by atoms with Gasteiger partial charge in [-0.1, -0.05) is 36.4 Å². The molecule has 6 heteroatoms. The van der Waals surface area contributed by atoms with Gasteiger partial charge >= 0.3 is 0 Å². The van der Waals surface area contributed by atoms with Crippen LogP contribution in [0.25, 0.3) is 5.70 Å². The highest BCUT2D eigenvalue weighted by Crippen LogP contribution is 2.20. The quantitative estimate of drug-likeness (QED) is 0.804. The van der Waals surface area contributed by atoms with Gasteiger partial charge in [-0.25, -0.2) is 4.68 Å². The minimum atomic E-state index is -0.134. The van der Waals surface area contributed by atoms with Crippen molar-refractivity contribution in [3.05, 3.63) is 59.4 Å². The first-order valence-electron chi connectivity index (χ1n) is 8.39. The van der Waals surface area contributed by atoms with Crippen molar-refractivity contribution >= 4 is 23.6 Å². The van der Waals surface area contributed by atoms with Gasteiger partial charge in [0.25, 0.3) is 5.91 Å². The number of aliphatic imine (C=N–C) groups is 1. The standard InChI is InChI=1S/C19H18N4O2/c24-18(14-5-2-1-3-6-14)13-22-10-8-17-16(19(22)25)12-23(21-17)15-7-4-9-20-11-15/h1-3,5-7,11-12H,4,8-10,13H2. The summed E-state index contributed by atoms with van der Waals surface area (Å²) in [6.07, 6.45) is 7.12. The van der Waals surface area contributed by atoms with Crippen LogP contribution in [-0.4, -0.2) is 52.2 Å². The first kappa shape index (κ1) is 15.5. The van der Waals surface area contributed by atoms with Crippen LogP contribution in [0.4, 0.5) is 0 Å². The zero-order valence-electron chi connectivity index (χ0n) is 13.8. The molecule has 1 aromatic heterocycles. The average molecular weight is 334 g/mol. The van der Waals surface area contributed by atoms with E-state index in [2.05, 4.69) is 16.2 Å². The molecule has 2 aliphatic rings. The van der Waals surface area contributed by atoms with Crippen molar-refractivity contribution in [2.24, 2.45) is 4.99 Å². The van der Waals surface area contributed by atoms with Gasteiger partial charge in [0.15, 0.2) is 5.78 Å². The summed E-state index contributed by atoms with van der Waals surface area (Å²) in [5.74, 6) is -0.183. The first-order chi connectivity index (χ1) is 12.2. The molecule has 1 aromatic carbocycles. The van der Waals surface area contributed by atoms with E-state index in [0.29, 0.717) is 24.1 Å². The number of hydrogen-bond acceptors (Lipinski definition) is 4. The lowest BCUT2D eigenvalue weighted by molar-refractivity contribution is 0.0695. The minimum Gasteiger partial charge on any atom is -0.330 e. The summed E-state index contributed by atoms with van der Waals surface area (Å²) in [5.41, 5.74) is 2.88. The van der Waals surface area contributed by atoms with Crippen molar-refractivity contribution in [2.45, 2.75) is 12.8 Å². The van der Waals surface area contributed by atoms with Gasteiger partial charge in [0.05, 0.1) is 23.5 Å². The second-order valence-corrected chi connectivity index (χ2v) is 6.15. The number of benzene rings is 1. The van der Waals surface area contributed by atoms with E-state index < -0.39 is 0 Å². The lowest BCUT2D eigenvalue weighted by Crippen LogP contribution is -2.40. The van der Waals surface area contributed by atoms with E-state index in [4.69, 9.17) is 0 Å². The van der Waals surface area contributed by atoms with Crippen LogP contribution in [0.3, 0.4) is 0 Å². The third-order valence-electron chi connectivity index (χ3n) is 4.46. The van der Waals surface area contributed by atoms with E-state index in [-0.39, 0.29) is 18.2 Å². The SMILES string of the molecule is O=C(CN1CCc2nn(C3=CCCN=C3)cc2C1=O)c1ccccc1. The molecule has 0 saturated carbocycles. The second kappa shape index (κ2) is 6.47. The van der Waals surface area contributed by atoms with Crippen LogP contribution in [-0.2, 0) is 6.42 Å². The van der Waals surface area contributed by atoms with E-state index in [9.17, 15) is 9.59 Å². The van der Waals surface area contributed by atoms with Crippen LogP contribution >= 0.6 is 0 Å². The van der Waals surface area contributed by atoms with Crippen molar-refractivity contribution in [2.75, 3.05) is 19.6 Å². The summed E-state index contributed by atoms with van der Waals surface area (Å²) >= 11 is 0. The van der Waals surface area contributed by atoms with Crippen molar-refractivity contribution in [3.8, 4) is 0 Å². The molecule has 0 radical (unpaired) electrons. The fourth-order valence-corrected chi connectivity index (χ4v) is 3.11. The van der Waals surface area contributed by atoms with Crippen molar-refractivity contribution in [1.29, 1.82) is 0 Å². The van der Waals surface area contributed by atoms with Gasteiger partial charge in [0.2, 0.25) is 0 Å². The van der Waals surface area contributed by atoms with E-state index in [1.54, 1.807) is 34.1 Å². The zero-order chi connectivity index (χ0) is 17.2. The molecule has 0 spiro atoms. The molecule has 0 unspecified atom stereocenters. The van der Waals surface area contributed by atoms with Gasteiger partial charge in [0.1, 0.15) is 0 Å². The Balaban J connectivity index is 1.53. The Hall–Kier alpha value is -3.02. The molecule has 0 N–H and O–H groups in total. The Bertz CT molecular complexity index is 880. The number of hydrogen-bond donors (Lipinski definition) is 0. The third kappa shape index (κ3) is 3.03. The number of fused-ring (bicyclic) bond motifs is 1. The summed E-state index contributed by atoms with van der Waals surface area (Å²) in [6, 6.07) is 9.07. The maximum Gasteiger partial charge on any atom is 0.257 e. The van der Waals surface area contributed by atoms with Crippen molar-refractivity contribution in [1.82, 2.24) is 14.7 Å². The Morgan fingerprint density at radius 3 is 2.80 bits per heavy atom. The molecule has 0 fully saturated rings. The van der Waals surface area contributed by atoms with Crippen LogP contribution in [0.2, 0.25) is 0 Å². The van der Waals surface area contributed by atoms with Gasteiger partial charge in [-0.05, 0) is 6.42 Å². The number of ketones is 1. The molecule has 126 valence electrons. The highest BCUT2D eigenvalue weighted by atomic mass is 16.2. The first-order valence-corrected chi connectivity index (χ1v) is 8.39.